The van der Waals surface area contributed by atoms with Crippen molar-refractivity contribution in [3.8, 4) is 0 Å². The molecule has 0 spiro atoms. The van der Waals surface area contributed by atoms with Crippen LogP contribution in [-0.4, -0.2) is 52.0 Å². The van der Waals surface area contributed by atoms with Gasteiger partial charge in [0.2, 0.25) is 0 Å². The summed E-state index contributed by atoms with van der Waals surface area (Å²) in [6.45, 7) is 6.16. The average molecular weight is 343 g/mol. The van der Waals surface area contributed by atoms with Gasteiger partial charge in [0.1, 0.15) is 12.7 Å². The largest absolute Gasteiger partial charge is 0.381 e. The van der Waals surface area contributed by atoms with Crippen LogP contribution in [0.1, 0.15) is 24.5 Å². The van der Waals surface area contributed by atoms with Crippen LogP contribution in [0.15, 0.2) is 36.9 Å². The van der Waals surface area contributed by atoms with E-state index in [4.69, 9.17) is 4.74 Å². The average Bonchev–Trinajstić information content (AvgIpc) is 3.32. The number of nitrogens with zero attached hydrogens (tertiary/aromatic N) is 4. The van der Waals surface area contributed by atoms with Gasteiger partial charge < -0.3 is 15.0 Å². The fourth-order valence-corrected chi connectivity index (χ4v) is 3.05. The maximum Gasteiger partial charge on any atom is 0.317 e. The zero-order valence-corrected chi connectivity index (χ0v) is 14.6. The molecule has 1 atom stereocenters. The van der Waals surface area contributed by atoms with Gasteiger partial charge in [0, 0.05) is 32.2 Å². The van der Waals surface area contributed by atoms with Gasteiger partial charge in [0.05, 0.1) is 13.2 Å². The number of hydrogen-bond acceptors (Lipinski definition) is 4. The maximum absolute atomic E-state index is 12.5. The van der Waals surface area contributed by atoms with Gasteiger partial charge in [-0.2, -0.15) is 5.10 Å². The highest BCUT2D eigenvalue weighted by molar-refractivity contribution is 5.74. The maximum atomic E-state index is 12.5. The third kappa shape index (κ3) is 4.79. The summed E-state index contributed by atoms with van der Waals surface area (Å²) in [6.07, 6.45) is 4.25. The van der Waals surface area contributed by atoms with Crippen LogP contribution < -0.4 is 5.32 Å². The Morgan fingerprint density at radius 1 is 1.40 bits per heavy atom. The third-order valence-electron chi connectivity index (χ3n) is 4.52. The molecule has 1 aromatic carbocycles. The number of carbonyl (C=O) groups is 1. The minimum absolute atomic E-state index is 0.0232. The standard InChI is InChI=1S/C18H25N5O2/c1-2-22(10-15-7-8-25-12-15)18(24)20-9-16-5-3-4-6-17(16)11-23-14-19-13-21-23/h3-6,13-15H,2,7-12H2,1H3,(H,20,24)/t15-/m0/s1. The zero-order valence-electron chi connectivity index (χ0n) is 14.6. The van der Waals surface area contributed by atoms with Crippen LogP contribution in [0.25, 0.3) is 0 Å². The molecule has 1 saturated heterocycles. The SMILES string of the molecule is CCN(C[C@@H]1CCOC1)C(=O)NCc1ccccc1Cn1cncn1. The molecule has 0 bridgehead atoms. The van der Waals surface area contributed by atoms with Gasteiger partial charge in [0.25, 0.3) is 0 Å². The summed E-state index contributed by atoms with van der Waals surface area (Å²) in [5.74, 6) is 0.449. The van der Waals surface area contributed by atoms with E-state index in [9.17, 15) is 4.79 Å². The molecule has 3 rings (SSSR count). The minimum atomic E-state index is -0.0232. The molecule has 134 valence electrons. The summed E-state index contributed by atoms with van der Waals surface area (Å²) in [7, 11) is 0. The normalized spacial score (nSPS) is 16.8. The van der Waals surface area contributed by atoms with Gasteiger partial charge in [-0.15, -0.1) is 0 Å². The molecule has 1 fully saturated rings. The van der Waals surface area contributed by atoms with Crippen molar-refractivity contribution in [1.82, 2.24) is 25.0 Å². The van der Waals surface area contributed by atoms with Crippen LogP contribution in [0, 0.1) is 5.92 Å². The number of rotatable bonds is 7. The Balaban J connectivity index is 1.57. The molecule has 7 heteroatoms. The Labute approximate surface area is 148 Å². The second-order valence-electron chi connectivity index (χ2n) is 6.29. The molecule has 1 aliphatic rings. The summed E-state index contributed by atoms with van der Waals surface area (Å²) >= 11 is 0. The van der Waals surface area contributed by atoms with Gasteiger partial charge in [-0.05, 0) is 24.5 Å². The summed E-state index contributed by atoms with van der Waals surface area (Å²) in [5.41, 5.74) is 2.21. The first kappa shape index (κ1) is 17.4. The van der Waals surface area contributed by atoms with E-state index in [0.717, 1.165) is 37.3 Å². The topological polar surface area (TPSA) is 72.3 Å². The second-order valence-corrected chi connectivity index (χ2v) is 6.29. The van der Waals surface area contributed by atoms with Gasteiger partial charge >= 0.3 is 6.03 Å². The lowest BCUT2D eigenvalue weighted by Crippen LogP contribution is -2.42. The lowest BCUT2D eigenvalue weighted by molar-refractivity contribution is 0.166. The highest BCUT2D eigenvalue weighted by atomic mass is 16.5. The number of hydrogen-bond donors (Lipinski definition) is 1. The smallest absolute Gasteiger partial charge is 0.317 e. The van der Waals surface area contributed by atoms with E-state index in [2.05, 4.69) is 21.5 Å². The number of benzene rings is 1. The first-order chi connectivity index (χ1) is 12.3. The van der Waals surface area contributed by atoms with Crippen LogP contribution in [0.5, 0.6) is 0 Å². The fraction of sp³-hybridized carbons (Fsp3) is 0.500. The van der Waals surface area contributed by atoms with Gasteiger partial charge in [-0.3, -0.25) is 0 Å². The minimum Gasteiger partial charge on any atom is -0.381 e. The highest BCUT2D eigenvalue weighted by Gasteiger charge is 2.21. The van der Waals surface area contributed by atoms with E-state index in [1.807, 2.05) is 30.0 Å². The van der Waals surface area contributed by atoms with E-state index in [-0.39, 0.29) is 6.03 Å². The van der Waals surface area contributed by atoms with Gasteiger partial charge in [0.15, 0.2) is 0 Å². The van der Waals surface area contributed by atoms with Crippen LogP contribution in [0.4, 0.5) is 4.79 Å². The van der Waals surface area contributed by atoms with E-state index in [1.54, 1.807) is 11.0 Å². The van der Waals surface area contributed by atoms with Crippen molar-refractivity contribution >= 4 is 6.03 Å². The van der Waals surface area contributed by atoms with Gasteiger partial charge in [-0.1, -0.05) is 24.3 Å². The van der Waals surface area contributed by atoms with E-state index in [1.165, 1.54) is 6.33 Å². The molecule has 1 aliphatic heterocycles. The van der Waals surface area contributed by atoms with Crippen LogP contribution in [0.3, 0.4) is 0 Å². The molecule has 0 radical (unpaired) electrons. The fourth-order valence-electron chi connectivity index (χ4n) is 3.05. The zero-order chi connectivity index (χ0) is 17.5. The summed E-state index contributed by atoms with van der Waals surface area (Å²) < 4.78 is 7.18. The Bertz CT molecular complexity index is 668. The van der Waals surface area contributed by atoms with Crippen molar-refractivity contribution in [1.29, 1.82) is 0 Å². The molecule has 1 N–H and O–H groups in total. The lowest BCUT2D eigenvalue weighted by atomic mass is 10.1. The quantitative estimate of drug-likeness (QED) is 0.833. The molecule has 0 aliphatic carbocycles. The highest BCUT2D eigenvalue weighted by Crippen LogP contribution is 2.14. The second kappa shape index (κ2) is 8.62. The molecule has 25 heavy (non-hydrogen) atoms. The van der Waals surface area contributed by atoms with Crippen LogP contribution in [0.2, 0.25) is 0 Å². The molecule has 1 aromatic heterocycles. The van der Waals surface area contributed by atoms with E-state index < -0.39 is 0 Å². The van der Waals surface area contributed by atoms with Gasteiger partial charge in [-0.25, -0.2) is 14.5 Å². The molecule has 7 nitrogen and oxygen atoms in total. The first-order valence-electron chi connectivity index (χ1n) is 8.76. The Morgan fingerprint density at radius 3 is 2.92 bits per heavy atom. The number of urea groups is 1. The Morgan fingerprint density at radius 2 is 2.24 bits per heavy atom. The van der Waals surface area contributed by atoms with E-state index in [0.29, 0.717) is 25.6 Å². The number of carbonyl (C=O) groups excluding carboxylic acids is 1. The van der Waals surface area contributed by atoms with Crippen molar-refractivity contribution in [3.05, 3.63) is 48.0 Å². The number of ether oxygens (including phenoxy) is 1. The summed E-state index contributed by atoms with van der Waals surface area (Å²) in [4.78, 5) is 18.3. The molecule has 0 unspecified atom stereocenters. The molecule has 0 saturated carbocycles. The first-order valence-corrected chi connectivity index (χ1v) is 8.76. The molecule has 2 heterocycles. The molecule has 2 aromatic rings. The lowest BCUT2D eigenvalue weighted by Gasteiger charge is -2.24. The monoisotopic (exact) mass is 343 g/mol. The Hall–Kier alpha value is -2.41. The summed E-state index contributed by atoms with van der Waals surface area (Å²) in [5, 5.41) is 7.19. The Kier molecular flexibility index (Phi) is 6.00. The number of amides is 2. The predicted molar refractivity (Wildman–Crippen MR) is 94.0 cm³/mol. The van der Waals surface area contributed by atoms with Crippen molar-refractivity contribution in [2.24, 2.45) is 5.92 Å². The van der Waals surface area contributed by atoms with Crippen LogP contribution in [-0.2, 0) is 17.8 Å². The number of nitrogens with one attached hydrogen (secondary N) is 1. The third-order valence-corrected chi connectivity index (χ3v) is 4.52. The molecular formula is C18H25N5O2. The summed E-state index contributed by atoms with van der Waals surface area (Å²) in [6, 6.07) is 8.05. The van der Waals surface area contributed by atoms with Crippen molar-refractivity contribution in [2.45, 2.75) is 26.4 Å². The predicted octanol–water partition coefficient (Wildman–Crippen LogP) is 1.89. The molecular weight excluding hydrogens is 318 g/mol. The van der Waals surface area contributed by atoms with Crippen molar-refractivity contribution in [3.63, 3.8) is 0 Å². The van der Waals surface area contributed by atoms with Crippen molar-refractivity contribution in [2.75, 3.05) is 26.3 Å². The van der Waals surface area contributed by atoms with E-state index >= 15 is 0 Å². The number of aromatic nitrogens is 3. The molecule has 2 amide bonds. The van der Waals surface area contributed by atoms with Crippen LogP contribution >= 0.6 is 0 Å². The van der Waals surface area contributed by atoms with Crippen molar-refractivity contribution < 1.29 is 9.53 Å².